The topological polar surface area (TPSA) is 46.5 Å². The maximum atomic E-state index is 13.3. The van der Waals surface area contributed by atoms with Gasteiger partial charge in [0.2, 0.25) is 0 Å². The van der Waals surface area contributed by atoms with E-state index in [1.54, 1.807) is 0 Å². The summed E-state index contributed by atoms with van der Waals surface area (Å²) in [6, 6.07) is 3.76. The second-order valence-corrected chi connectivity index (χ2v) is 8.35. The third kappa shape index (κ3) is 5.13. The van der Waals surface area contributed by atoms with E-state index in [2.05, 4.69) is 4.99 Å². The van der Waals surface area contributed by atoms with Crippen LogP contribution in [-0.4, -0.2) is 30.0 Å². The number of Topliss-reactive ketones (excluding diaryl/α,β-unsaturated/α-hetero) is 2. The van der Waals surface area contributed by atoms with Crippen LogP contribution in [0, 0.1) is 11.2 Å². The van der Waals surface area contributed by atoms with Crippen molar-refractivity contribution in [1.29, 1.82) is 0 Å². The fourth-order valence-electron chi connectivity index (χ4n) is 2.12. The van der Waals surface area contributed by atoms with Gasteiger partial charge in [0.1, 0.15) is 23.9 Å². The van der Waals surface area contributed by atoms with Gasteiger partial charge in [-0.15, -0.1) is 11.3 Å². The summed E-state index contributed by atoms with van der Waals surface area (Å²) in [6.45, 7) is 3.71. The molecule has 1 heterocycles. The highest BCUT2D eigenvalue weighted by atomic mass is 35.5. The Morgan fingerprint density at radius 3 is 2.37 bits per heavy atom. The maximum absolute atomic E-state index is 13.3. The van der Waals surface area contributed by atoms with E-state index in [1.165, 1.54) is 39.0 Å². The summed E-state index contributed by atoms with van der Waals surface area (Å²) in [5.41, 5.74) is -2.27. The molecule has 27 heavy (non-hydrogen) atoms. The van der Waals surface area contributed by atoms with Gasteiger partial charge in [-0.1, -0.05) is 32.4 Å². The molecule has 2 aromatic rings. The zero-order valence-electron chi connectivity index (χ0n) is 14.7. The Labute approximate surface area is 162 Å². The molecule has 0 saturated heterocycles. The lowest BCUT2D eigenvalue weighted by Gasteiger charge is -2.18. The third-order valence-electron chi connectivity index (χ3n) is 3.75. The molecule has 146 valence electrons. The number of hydrogen-bond donors (Lipinski definition) is 0. The van der Waals surface area contributed by atoms with E-state index in [-0.39, 0.29) is 9.90 Å². The fourth-order valence-corrected chi connectivity index (χ4v) is 3.61. The van der Waals surface area contributed by atoms with E-state index in [1.807, 2.05) is 0 Å². The Kier molecular flexibility index (Phi) is 6.11. The molecular formula is C18H16ClF4NO2S. The number of thiophene rings is 1. The first-order valence-corrected chi connectivity index (χ1v) is 9.04. The number of rotatable bonds is 5. The fraction of sp³-hybridized carbons (Fsp3) is 0.389. The van der Waals surface area contributed by atoms with Crippen LogP contribution < -0.4 is 0 Å². The molecule has 0 N–H and O–H groups in total. The van der Waals surface area contributed by atoms with Crippen molar-refractivity contribution in [2.45, 2.75) is 33.4 Å². The van der Waals surface area contributed by atoms with Gasteiger partial charge in [0.25, 0.3) is 0 Å². The molecule has 1 aromatic heterocycles. The van der Waals surface area contributed by atoms with Gasteiger partial charge in [-0.2, -0.15) is 13.2 Å². The summed E-state index contributed by atoms with van der Waals surface area (Å²) < 4.78 is 53.1. The predicted molar refractivity (Wildman–Crippen MR) is 98.6 cm³/mol. The minimum Gasteiger partial charge on any atom is -0.299 e. The third-order valence-corrected chi connectivity index (χ3v) is 5.45. The Morgan fingerprint density at radius 1 is 1.19 bits per heavy atom. The van der Waals surface area contributed by atoms with Gasteiger partial charge < -0.3 is 0 Å². The first kappa shape index (κ1) is 21.5. The number of benzene rings is 1. The van der Waals surface area contributed by atoms with Crippen molar-refractivity contribution >= 4 is 50.3 Å². The number of halogens is 5. The van der Waals surface area contributed by atoms with Gasteiger partial charge in [0.05, 0.1) is 16.3 Å². The molecule has 0 unspecified atom stereocenters. The monoisotopic (exact) mass is 421 g/mol. The van der Waals surface area contributed by atoms with Gasteiger partial charge in [-0.3, -0.25) is 14.6 Å². The minimum atomic E-state index is -4.83. The zero-order valence-corrected chi connectivity index (χ0v) is 16.3. The van der Waals surface area contributed by atoms with Gasteiger partial charge in [-0.25, -0.2) is 4.39 Å². The van der Waals surface area contributed by atoms with Crippen LogP contribution in [0.3, 0.4) is 0 Å². The minimum absolute atomic E-state index is 0.00434. The molecule has 0 aliphatic heterocycles. The number of hydrogen-bond acceptors (Lipinski definition) is 4. The van der Waals surface area contributed by atoms with Crippen molar-refractivity contribution in [2.75, 3.05) is 6.54 Å². The summed E-state index contributed by atoms with van der Waals surface area (Å²) in [6.07, 6.45) is -5.74. The Bertz CT molecular complexity index is 926. The van der Waals surface area contributed by atoms with Crippen LogP contribution >= 0.6 is 22.9 Å². The molecule has 0 saturated carbocycles. The van der Waals surface area contributed by atoms with Crippen molar-refractivity contribution in [3.63, 3.8) is 0 Å². The van der Waals surface area contributed by atoms with Crippen LogP contribution in [0.5, 0.6) is 0 Å². The second-order valence-electron chi connectivity index (χ2n) is 6.92. The van der Waals surface area contributed by atoms with E-state index in [4.69, 9.17) is 11.6 Å². The lowest BCUT2D eigenvalue weighted by atomic mass is 9.87. The molecule has 0 amide bonds. The summed E-state index contributed by atoms with van der Waals surface area (Å²) in [7, 11) is 0. The summed E-state index contributed by atoms with van der Waals surface area (Å²) >= 11 is 6.98. The number of fused-ring (bicyclic) bond motifs is 1. The molecule has 0 radical (unpaired) electrons. The molecule has 0 spiro atoms. The average molecular weight is 422 g/mol. The molecule has 0 aliphatic rings. The number of carbonyl (C=O) groups excluding carboxylic acids is 2. The standard InChI is InChI=1S/C18H16ClF4NO2S/c1-17(2,3)14(26)7-13(18(21,22)23)24-8-11(25)16-15(19)10-5-4-9(20)6-12(10)27-16/h4-6H,7-8H2,1-3H3. The molecule has 2 rings (SSSR count). The molecule has 0 atom stereocenters. The second kappa shape index (κ2) is 7.67. The first-order valence-electron chi connectivity index (χ1n) is 7.85. The molecule has 9 heteroatoms. The van der Waals surface area contributed by atoms with Gasteiger partial charge in [0.15, 0.2) is 5.78 Å². The maximum Gasteiger partial charge on any atom is 0.429 e. The van der Waals surface area contributed by atoms with Crippen LogP contribution in [0.1, 0.15) is 36.9 Å². The Hall–Kier alpha value is -1.80. The van der Waals surface area contributed by atoms with E-state index in [0.29, 0.717) is 10.1 Å². The number of aliphatic imine (C=N–C) groups is 1. The van der Waals surface area contributed by atoms with Gasteiger partial charge in [-0.05, 0) is 18.2 Å². The van der Waals surface area contributed by atoms with Crippen LogP contribution in [0.2, 0.25) is 5.02 Å². The summed E-state index contributed by atoms with van der Waals surface area (Å²) in [4.78, 5) is 27.6. The van der Waals surface area contributed by atoms with Crippen LogP contribution in [0.25, 0.3) is 10.1 Å². The molecule has 0 fully saturated rings. The number of alkyl halides is 3. The lowest BCUT2D eigenvalue weighted by molar-refractivity contribution is -0.126. The summed E-state index contributed by atoms with van der Waals surface area (Å²) in [5, 5.41) is 0.490. The molecule has 0 bridgehead atoms. The highest BCUT2D eigenvalue weighted by molar-refractivity contribution is 7.21. The summed E-state index contributed by atoms with van der Waals surface area (Å²) in [5.74, 6) is -1.88. The largest absolute Gasteiger partial charge is 0.429 e. The van der Waals surface area contributed by atoms with E-state index in [9.17, 15) is 27.2 Å². The van der Waals surface area contributed by atoms with E-state index < -0.39 is 47.7 Å². The lowest BCUT2D eigenvalue weighted by Crippen LogP contribution is -2.31. The van der Waals surface area contributed by atoms with Crippen molar-refractivity contribution in [2.24, 2.45) is 10.4 Å². The van der Waals surface area contributed by atoms with Crippen molar-refractivity contribution in [1.82, 2.24) is 0 Å². The molecule has 1 aromatic carbocycles. The molecule has 3 nitrogen and oxygen atoms in total. The van der Waals surface area contributed by atoms with Crippen LogP contribution in [-0.2, 0) is 4.79 Å². The van der Waals surface area contributed by atoms with Gasteiger partial charge in [0, 0.05) is 15.5 Å². The van der Waals surface area contributed by atoms with E-state index >= 15 is 0 Å². The van der Waals surface area contributed by atoms with E-state index in [0.717, 1.165) is 11.3 Å². The predicted octanol–water partition coefficient (Wildman–Crippen LogP) is 5.89. The van der Waals surface area contributed by atoms with Gasteiger partial charge >= 0.3 is 6.18 Å². The van der Waals surface area contributed by atoms with Crippen LogP contribution in [0.15, 0.2) is 23.2 Å². The smallest absolute Gasteiger partial charge is 0.299 e. The SMILES string of the molecule is CC(C)(C)C(=O)CC(=NCC(=O)c1sc2cc(F)ccc2c1Cl)C(F)(F)F. The van der Waals surface area contributed by atoms with Crippen molar-refractivity contribution < 1.29 is 27.2 Å². The quantitative estimate of drug-likeness (QED) is 0.343. The number of nitrogens with zero attached hydrogens (tertiary/aromatic N) is 1. The number of carbonyl (C=O) groups is 2. The zero-order chi connectivity index (χ0) is 20.6. The Morgan fingerprint density at radius 2 is 1.81 bits per heavy atom. The van der Waals surface area contributed by atoms with Crippen molar-refractivity contribution in [3.8, 4) is 0 Å². The highest BCUT2D eigenvalue weighted by Crippen LogP contribution is 2.36. The average Bonchev–Trinajstić information content (AvgIpc) is 2.85. The Balaban J connectivity index is 2.29. The first-order chi connectivity index (χ1) is 12.3. The normalized spacial score (nSPS) is 13.3. The van der Waals surface area contributed by atoms with Crippen LogP contribution in [0.4, 0.5) is 17.6 Å². The molecular weight excluding hydrogens is 406 g/mol. The molecule has 0 aliphatic carbocycles. The number of ketones is 2. The van der Waals surface area contributed by atoms with Crippen molar-refractivity contribution in [3.05, 3.63) is 33.9 Å². The highest BCUT2D eigenvalue weighted by Gasteiger charge is 2.38.